The van der Waals surface area contributed by atoms with Crippen molar-refractivity contribution in [2.45, 2.75) is 36.3 Å². The molecule has 6 nitrogen and oxygen atoms in total. The number of aryl methyl sites for hydroxylation is 2. The highest BCUT2D eigenvalue weighted by atomic mass is 32.2. The molecule has 0 fully saturated rings. The molecule has 0 atom stereocenters. The maximum absolute atomic E-state index is 13.1. The molecule has 1 N–H and O–H groups in total. The Labute approximate surface area is 203 Å². The zero-order valence-corrected chi connectivity index (χ0v) is 20.5. The molecule has 3 aromatic rings. The molecular weight excluding hydrogens is 470 g/mol. The van der Waals surface area contributed by atoms with Gasteiger partial charge in [0.1, 0.15) is 5.75 Å². The number of carbonyl (C=O) groups is 2. The first-order valence-electron chi connectivity index (χ1n) is 10.5. The third-order valence-electron chi connectivity index (χ3n) is 5.42. The maximum Gasteiger partial charge on any atom is 0.308 e. The van der Waals surface area contributed by atoms with Gasteiger partial charge in [-0.2, -0.15) is 0 Å². The van der Waals surface area contributed by atoms with Crippen LogP contribution in [0.4, 0.5) is 5.69 Å². The van der Waals surface area contributed by atoms with Crippen LogP contribution in [0.5, 0.6) is 5.75 Å². The van der Waals surface area contributed by atoms with Gasteiger partial charge in [-0.05, 0) is 72.5 Å². The number of fused-ring (bicyclic) bond motifs is 1. The standard InChI is InChI=1S/C26H23NO5S2/c1-16-5-4-6-17(2)22(16)15-34(30,31)21-11-12-24-23(14-21)27-26(29)25(33-24)13-19-7-9-20(10-8-19)32-18(3)28/h4-14H,15H2,1-3H3,(H,27,29)/b25-13+. The summed E-state index contributed by atoms with van der Waals surface area (Å²) in [6, 6.07) is 17.3. The van der Waals surface area contributed by atoms with E-state index in [9.17, 15) is 18.0 Å². The van der Waals surface area contributed by atoms with Gasteiger partial charge < -0.3 is 10.1 Å². The first-order chi connectivity index (χ1) is 16.1. The van der Waals surface area contributed by atoms with Crippen molar-refractivity contribution in [3.8, 4) is 5.75 Å². The fraction of sp³-hybridized carbons (Fsp3) is 0.154. The Hall–Kier alpha value is -3.36. The number of amides is 1. The van der Waals surface area contributed by atoms with E-state index in [1.165, 1.54) is 24.8 Å². The molecule has 0 saturated carbocycles. The Morgan fingerprint density at radius 2 is 1.71 bits per heavy atom. The Bertz CT molecular complexity index is 1400. The zero-order chi connectivity index (χ0) is 24.5. The molecule has 1 amide bonds. The molecule has 8 heteroatoms. The van der Waals surface area contributed by atoms with Crippen molar-refractivity contribution in [2.24, 2.45) is 0 Å². The zero-order valence-electron chi connectivity index (χ0n) is 18.9. The van der Waals surface area contributed by atoms with Crippen LogP contribution in [0, 0.1) is 13.8 Å². The number of thioether (sulfide) groups is 1. The van der Waals surface area contributed by atoms with E-state index in [0.29, 0.717) is 16.3 Å². The van der Waals surface area contributed by atoms with Gasteiger partial charge in [0.15, 0.2) is 9.84 Å². The molecule has 1 aliphatic rings. The number of ether oxygens (including phenoxy) is 1. The van der Waals surface area contributed by atoms with Crippen LogP contribution in [-0.4, -0.2) is 20.3 Å². The number of nitrogens with one attached hydrogen (secondary N) is 1. The number of rotatable bonds is 5. The van der Waals surface area contributed by atoms with E-state index in [1.54, 1.807) is 42.5 Å². The van der Waals surface area contributed by atoms with E-state index in [0.717, 1.165) is 27.1 Å². The van der Waals surface area contributed by atoms with Crippen molar-refractivity contribution in [2.75, 3.05) is 5.32 Å². The summed E-state index contributed by atoms with van der Waals surface area (Å²) in [4.78, 5) is 25.1. The number of hydrogen-bond donors (Lipinski definition) is 1. The predicted molar refractivity (Wildman–Crippen MR) is 133 cm³/mol. The van der Waals surface area contributed by atoms with Gasteiger partial charge in [0.2, 0.25) is 0 Å². The number of esters is 1. The summed E-state index contributed by atoms with van der Waals surface area (Å²) in [5.41, 5.74) is 3.90. The molecule has 0 aliphatic carbocycles. The SMILES string of the molecule is CC(=O)Oc1ccc(/C=C2/Sc3ccc(S(=O)(=O)Cc4c(C)cccc4C)cc3NC2=O)cc1. The largest absolute Gasteiger partial charge is 0.427 e. The van der Waals surface area contributed by atoms with Gasteiger partial charge in [-0.3, -0.25) is 9.59 Å². The van der Waals surface area contributed by atoms with Gasteiger partial charge in [0, 0.05) is 11.8 Å². The minimum atomic E-state index is -3.60. The van der Waals surface area contributed by atoms with Crippen LogP contribution in [0.25, 0.3) is 6.08 Å². The van der Waals surface area contributed by atoms with Gasteiger partial charge >= 0.3 is 5.97 Å². The topological polar surface area (TPSA) is 89.5 Å². The normalized spacial score (nSPS) is 14.4. The summed E-state index contributed by atoms with van der Waals surface area (Å²) in [5, 5.41) is 2.80. The highest BCUT2D eigenvalue weighted by Gasteiger charge is 2.25. The molecule has 0 radical (unpaired) electrons. The monoisotopic (exact) mass is 493 g/mol. The van der Waals surface area contributed by atoms with E-state index in [2.05, 4.69) is 5.32 Å². The third kappa shape index (κ3) is 5.24. The van der Waals surface area contributed by atoms with Crippen LogP contribution < -0.4 is 10.1 Å². The fourth-order valence-corrected chi connectivity index (χ4v) is 6.14. The molecule has 4 rings (SSSR count). The molecule has 34 heavy (non-hydrogen) atoms. The van der Waals surface area contributed by atoms with E-state index in [-0.39, 0.29) is 16.6 Å². The molecule has 1 aliphatic heterocycles. The molecule has 0 aromatic heterocycles. The Balaban J connectivity index is 1.56. The van der Waals surface area contributed by atoms with Gasteiger partial charge in [0.25, 0.3) is 5.91 Å². The van der Waals surface area contributed by atoms with Crippen molar-refractivity contribution in [1.82, 2.24) is 0 Å². The lowest BCUT2D eigenvalue weighted by Crippen LogP contribution is -2.18. The minimum Gasteiger partial charge on any atom is -0.427 e. The summed E-state index contributed by atoms with van der Waals surface area (Å²) in [6.07, 6.45) is 1.73. The Kier molecular flexibility index (Phi) is 6.63. The van der Waals surface area contributed by atoms with Crippen molar-refractivity contribution >= 4 is 45.2 Å². The summed E-state index contributed by atoms with van der Waals surface area (Å²) >= 11 is 1.27. The second-order valence-electron chi connectivity index (χ2n) is 8.01. The third-order valence-corrected chi connectivity index (χ3v) is 8.16. The minimum absolute atomic E-state index is 0.0973. The van der Waals surface area contributed by atoms with Crippen LogP contribution in [0.2, 0.25) is 0 Å². The molecule has 0 saturated heterocycles. The van der Waals surface area contributed by atoms with E-state index >= 15 is 0 Å². The number of hydrogen-bond acceptors (Lipinski definition) is 6. The highest BCUT2D eigenvalue weighted by Crippen LogP contribution is 2.40. The number of anilines is 1. The number of sulfone groups is 1. The molecule has 174 valence electrons. The average molecular weight is 494 g/mol. The van der Waals surface area contributed by atoms with Crippen molar-refractivity contribution < 1.29 is 22.7 Å². The summed E-state index contributed by atoms with van der Waals surface area (Å²) in [5.74, 6) is -0.388. The van der Waals surface area contributed by atoms with Crippen molar-refractivity contribution in [3.63, 3.8) is 0 Å². The van der Waals surface area contributed by atoms with Gasteiger partial charge in [-0.25, -0.2) is 8.42 Å². The Morgan fingerprint density at radius 1 is 1.03 bits per heavy atom. The van der Waals surface area contributed by atoms with Crippen LogP contribution in [0.3, 0.4) is 0 Å². The number of carbonyl (C=O) groups excluding carboxylic acids is 2. The Morgan fingerprint density at radius 3 is 2.35 bits per heavy atom. The van der Waals surface area contributed by atoms with Gasteiger partial charge in [-0.1, -0.05) is 42.1 Å². The quantitative estimate of drug-likeness (QED) is 0.295. The van der Waals surface area contributed by atoms with Crippen LogP contribution in [0.1, 0.15) is 29.2 Å². The lowest BCUT2D eigenvalue weighted by Gasteiger charge is -2.20. The van der Waals surface area contributed by atoms with E-state index < -0.39 is 15.8 Å². The second-order valence-corrected chi connectivity index (χ2v) is 11.1. The van der Waals surface area contributed by atoms with E-state index in [1.807, 2.05) is 32.0 Å². The van der Waals surface area contributed by atoms with Crippen LogP contribution in [-0.2, 0) is 25.2 Å². The lowest BCUT2D eigenvalue weighted by atomic mass is 10.1. The number of benzene rings is 3. The molecule has 1 heterocycles. The van der Waals surface area contributed by atoms with Crippen LogP contribution in [0.15, 0.2) is 75.4 Å². The second kappa shape index (κ2) is 9.48. The smallest absolute Gasteiger partial charge is 0.308 e. The first kappa shape index (κ1) is 23.8. The average Bonchev–Trinajstić information content (AvgIpc) is 2.77. The van der Waals surface area contributed by atoms with Gasteiger partial charge in [0.05, 0.1) is 21.2 Å². The maximum atomic E-state index is 13.1. The highest BCUT2D eigenvalue weighted by molar-refractivity contribution is 8.04. The van der Waals surface area contributed by atoms with Crippen molar-refractivity contribution in [3.05, 3.63) is 87.8 Å². The molecule has 3 aromatic carbocycles. The summed E-state index contributed by atoms with van der Waals surface area (Å²) < 4.78 is 31.2. The summed E-state index contributed by atoms with van der Waals surface area (Å²) in [6.45, 7) is 5.13. The molecule has 0 unspecified atom stereocenters. The first-order valence-corrected chi connectivity index (χ1v) is 13.0. The van der Waals surface area contributed by atoms with Gasteiger partial charge in [-0.15, -0.1) is 0 Å². The summed E-state index contributed by atoms with van der Waals surface area (Å²) in [7, 11) is -3.60. The molecular formula is C26H23NO5S2. The predicted octanol–water partition coefficient (Wildman–Crippen LogP) is 5.29. The van der Waals surface area contributed by atoms with Crippen LogP contribution >= 0.6 is 11.8 Å². The molecule has 0 bridgehead atoms. The van der Waals surface area contributed by atoms with E-state index in [4.69, 9.17) is 4.74 Å². The fourth-order valence-electron chi connectivity index (χ4n) is 3.63. The lowest BCUT2D eigenvalue weighted by molar-refractivity contribution is -0.131. The molecule has 0 spiro atoms. The van der Waals surface area contributed by atoms with Crippen molar-refractivity contribution in [1.29, 1.82) is 0 Å².